The Morgan fingerprint density at radius 2 is 1.92 bits per heavy atom. The van der Waals surface area contributed by atoms with Crippen molar-refractivity contribution < 1.29 is 14.3 Å². The predicted octanol–water partition coefficient (Wildman–Crippen LogP) is 0.136. The molecule has 0 saturated heterocycles. The molecule has 1 rings (SSSR count). The third-order valence-corrected chi connectivity index (χ3v) is 1.90. The van der Waals surface area contributed by atoms with Crippen LogP contribution in [-0.2, 0) is 9.59 Å². The van der Waals surface area contributed by atoms with E-state index in [2.05, 4.69) is 0 Å². The zero-order valence-electron chi connectivity index (χ0n) is 6.95. The fourth-order valence-electron chi connectivity index (χ4n) is 1.30. The van der Waals surface area contributed by atoms with Gasteiger partial charge in [0.15, 0.2) is 23.7 Å². The van der Waals surface area contributed by atoms with Crippen LogP contribution < -0.4 is 0 Å². The molecule has 0 unspecified atom stereocenters. The smallest absolute Gasteiger partial charge is 0.168 e. The maximum atomic E-state index is 11.1. The van der Waals surface area contributed by atoms with E-state index in [0.29, 0.717) is 24.0 Å². The van der Waals surface area contributed by atoms with Crippen molar-refractivity contribution in [1.82, 2.24) is 0 Å². The lowest BCUT2D eigenvalue weighted by Crippen LogP contribution is -2.31. The molecule has 0 aromatic carbocycles. The van der Waals surface area contributed by atoms with Gasteiger partial charge in [0.2, 0.25) is 0 Å². The summed E-state index contributed by atoms with van der Waals surface area (Å²) in [5.41, 5.74) is 0. The Labute approximate surface area is 70.5 Å². The number of ketones is 2. The van der Waals surface area contributed by atoms with Crippen LogP contribution in [0.4, 0.5) is 0 Å². The minimum absolute atomic E-state index is 0.131. The summed E-state index contributed by atoms with van der Waals surface area (Å²) >= 11 is 0. The highest BCUT2D eigenvalue weighted by Gasteiger charge is 2.30. The van der Waals surface area contributed by atoms with Crippen LogP contribution in [-0.4, -0.2) is 29.6 Å². The molecular formula is C8H11NO3. The molecular weight excluding hydrogens is 158 g/mol. The first-order chi connectivity index (χ1) is 5.61. The molecule has 0 bridgehead atoms. The molecule has 0 radical (unpaired) electrons. The average molecular weight is 169 g/mol. The molecule has 0 spiro atoms. The van der Waals surface area contributed by atoms with Crippen molar-refractivity contribution >= 4 is 17.8 Å². The van der Waals surface area contributed by atoms with Gasteiger partial charge in [0, 0.05) is 12.8 Å². The van der Waals surface area contributed by atoms with Crippen LogP contribution in [0.3, 0.4) is 0 Å². The molecule has 0 aliphatic heterocycles. The summed E-state index contributed by atoms with van der Waals surface area (Å²) in [5.74, 6) is -1.04. The van der Waals surface area contributed by atoms with Gasteiger partial charge in [-0.05, 0) is 6.42 Å². The fraction of sp³-hybridized carbons (Fsp3) is 0.625. The Morgan fingerprint density at radius 3 is 2.33 bits per heavy atom. The van der Waals surface area contributed by atoms with Gasteiger partial charge in [0.05, 0.1) is 0 Å². The Hall–Kier alpha value is -1.19. The average Bonchev–Trinajstić information content (AvgIpc) is 1.97. The molecule has 0 aromatic rings. The van der Waals surface area contributed by atoms with Gasteiger partial charge in [0.1, 0.15) is 7.05 Å². The third kappa shape index (κ3) is 1.90. The zero-order valence-corrected chi connectivity index (χ0v) is 6.95. The number of hydroxylamine groups is 1. The van der Waals surface area contributed by atoms with Crippen molar-refractivity contribution in [2.75, 3.05) is 7.05 Å². The van der Waals surface area contributed by atoms with Gasteiger partial charge in [-0.15, -0.1) is 0 Å². The lowest BCUT2D eigenvalue weighted by atomic mass is 9.88. The number of nitrogens with zero attached hydrogens (tertiary/aromatic N) is 1. The van der Waals surface area contributed by atoms with E-state index in [4.69, 9.17) is 0 Å². The Balaban J connectivity index is 2.77. The molecule has 4 heteroatoms. The lowest BCUT2D eigenvalue weighted by Gasteiger charge is -2.13. The molecule has 0 heterocycles. The first-order valence-corrected chi connectivity index (χ1v) is 3.91. The molecule has 12 heavy (non-hydrogen) atoms. The first kappa shape index (κ1) is 8.90. The molecule has 4 nitrogen and oxygen atoms in total. The van der Waals surface area contributed by atoms with Crippen LogP contribution in [0, 0.1) is 11.1 Å². The molecule has 1 aliphatic carbocycles. The quantitative estimate of drug-likeness (QED) is 0.184. The first-order valence-electron chi connectivity index (χ1n) is 3.91. The molecule has 0 atom stereocenters. The van der Waals surface area contributed by atoms with E-state index in [0.717, 1.165) is 6.21 Å². The predicted molar refractivity (Wildman–Crippen MR) is 43.0 cm³/mol. The van der Waals surface area contributed by atoms with Crippen molar-refractivity contribution in [1.29, 1.82) is 0 Å². The van der Waals surface area contributed by atoms with Crippen molar-refractivity contribution in [2.24, 2.45) is 5.92 Å². The Bertz CT molecular complexity index is 225. The van der Waals surface area contributed by atoms with E-state index in [1.165, 1.54) is 7.05 Å². The van der Waals surface area contributed by atoms with Crippen molar-refractivity contribution in [3.63, 3.8) is 0 Å². The Morgan fingerprint density at radius 1 is 1.42 bits per heavy atom. The van der Waals surface area contributed by atoms with Gasteiger partial charge in [-0.1, -0.05) is 0 Å². The van der Waals surface area contributed by atoms with E-state index < -0.39 is 5.92 Å². The summed E-state index contributed by atoms with van der Waals surface area (Å²) in [6.07, 6.45) is 2.61. The third-order valence-electron chi connectivity index (χ3n) is 1.90. The summed E-state index contributed by atoms with van der Waals surface area (Å²) in [4.78, 5) is 22.2. The van der Waals surface area contributed by atoms with Crippen LogP contribution in [0.1, 0.15) is 19.3 Å². The highest BCUT2D eigenvalue weighted by atomic mass is 16.5. The normalized spacial score (nSPS) is 21.6. The standard InChI is InChI=1S/C8H11NO3/c1-9(12)5-6-7(10)3-2-4-8(6)11/h5-6H,2-4H2,1H3/b9-5-. The number of hydrogen-bond donors (Lipinski definition) is 0. The second-order valence-corrected chi connectivity index (χ2v) is 2.96. The van der Waals surface area contributed by atoms with Crippen molar-refractivity contribution in [2.45, 2.75) is 19.3 Å². The van der Waals surface area contributed by atoms with Crippen molar-refractivity contribution in [3.8, 4) is 0 Å². The van der Waals surface area contributed by atoms with E-state index >= 15 is 0 Å². The largest absolute Gasteiger partial charge is 0.624 e. The number of hydrogen-bond acceptors (Lipinski definition) is 3. The number of carbonyl (C=O) groups excluding carboxylic acids is 2. The minimum atomic E-state index is -0.777. The number of carbonyl (C=O) groups is 2. The van der Waals surface area contributed by atoms with Crippen molar-refractivity contribution in [3.05, 3.63) is 5.21 Å². The van der Waals surface area contributed by atoms with Gasteiger partial charge in [-0.2, -0.15) is 0 Å². The Kier molecular flexibility index (Phi) is 2.58. The number of Topliss-reactive ketones (excluding diaryl/α,β-unsaturated/α-hetero) is 2. The second kappa shape index (κ2) is 3.47. The van der Waals surface area contributed by atoms with Gasteiger partial charge < -0.3 is 5.21 Å². The summed E-state index contributed by atoms with van der Waals surface area (Å²) < 4.78 is 0.520. The lowest BCUT2D eigenvalue weighted by molar-refractivity contribution is -0.419. The van der Waals surface area contributed by atoms with Crippen LogP contribution in [0.15, 0.2) is 0 Å². The molecule has 0 amide bonds. The van der Waals surface area contributed by atoms with E-state index in [9.17, 15) is 14.8 Å². The monoisotopic (exact) mass is 169 g/mol. The molecule has 66 valence electrons. The molecule has 1 fully saturated rings. The van der Waals surface area contributed by atoms with Gasteiger partial charge in [-0.3, -0.25) is 9.59 Å². The van der Waals surface area contributed by atoms with Crippen LogP contribution in [0.25, 0.3) is 0 Å². The van der Waals surface area contributed by atoms with Gasteiger partial charge in [-0.25, -0.2) is 4.74 Å². The molecule has 0 N–H and O–H groups in total. The summed E-state index contributed by atoms with van der Waals surface area (Å²) in [5, 5.41) is 10.6. The summed E-state index contributed by atoms with van der Waals surface area (Å²) in [6.45, 7) is 0. The highest BCUT2D eigenvalue weighted by molar-refractivity contribution is 6.14. The van der Waals surface area contributed by atoms with Crippen LogP contribution in [0.2, 0.25) is 0 Å². The minimum Gasteiger partial charge on any atom is -0.624 e. The van der Waals surface area contributed by atoms with Crippen LogP contribution in [0.5, 0.6) is 0 Å². The SMILES string of the molecule is C/[N+]([O-])=C/C1C(=O)CCCC1=O. The van der Waals surface area contributed by atoms with E-state index in [-0.39, 0.29) is 11.6 Å². The molecule has 0 aromatic heterocycles. The van der Waals surface area contributed by atoms with Gasteiger partial charge >= 0.3 is 0 Å². The highest BCUT2D eigenvalue weighted by Crippen LogP contribution is 2.15. The van der Waals surface area contributed by atoms with Gasteiger partial charge in [0.25, 0.3) is 0 Å². The topological polar surface area (TPSA) is 60.2 Å². The molecule has 1 saturated carbocycles. The van der Waals surface area contributed by atoms with E-state index in [1.807, 2.05) is 0 Å². The van der Waals surface area contributed by atoms with Crippen LogP contribution >= 0.6 is 0 Å². The van der Waals surface area contributed by atoms with E-state index in [1.54, 1.807) is 0 Å². The number of rotatable bonds is 1. The summed E-state index contributed by atoms with van der Waals surface area (Å²) in [6, 6.07) is 0. The zero-order chi connectivity index (χ0) is 9.14. The second-order valence-electron chi connectivity index (χ2n) is 2.96. The summed E-state index contributed by atoms with van der Waals surface area (Å²) in [7, 11) is 1.27. The maximum absolute atomic E-state index is 11.1. The maximum Gasteiger partial charge on any atom is 0.168 e. The fourth-order valence-corrected chi connectivity index (χ4v) is 1.30. The molecule has 1 aliphatic rings.